The lowest BCUT2D eigenvalue weighted by Crippen LogP contribution is -2.22. The monoisotopic (exact) mass is 354 g/mol. The van der Waals surface area contributed by atoms with E-state index in [4.69, 9.17) is 4.74 Å². The van der Waals surface area contributed by atoms with Crippen molar-refractivity contribution in [3.63, 3.8) is 0 Å². The summed E-state index contributed by atoms with van der Waals surface area (Å²) in [6.07, 6.45) is -0.523. The number of hydrogen-bond acceptors (Lipinski definition) is 5. The van der Waals surface area contributed by atoms with Crippen LogP contribution in [0.5, 0.6) is 5.75 Å². The first-order chi connectivity index (χ1) is 12.6. The van der Waals surface area contributed by atoms with Crippen LogP contribution in [0.3, 0.4) is 0 Å². The van der Waals surface area contributed by atoms with Crippen molar-refractivity contribution in [3.8, 4) is 5.75 Å². The minimum absolute atomic E-state index is 0.0840. The van der Waals surface area contributed by atoms with Gasteiger partial charge in [0.15, 0.2) is 0 Å². The lowest BCUT2D eigenvalue weighted by molar-refractivity contribution is -0.116. The van der Waals surface area contributed by atoms with Crippen molar-refractivity contribution in [1.82, 2.24) is 9.55 Å². The Kier molecular flexibility index (Phi) is 5.38. The van der Waals surface area contributed by atoms with E-state index in [-0.39, 0.29) is 12.5 Å². The van der Waals surface area contributed by atoms with Crippen molar-refractivity contribution < 1.29 is 14.6 Å². The maximum atomic E-state index is 12.6. The summed E-state index contributed by atoms with van der Waals surface area (Å²) in [6, 6.07) is 14.8. The largest absolute Gasteiger partial charge is 0.495 e. The highest BCUT2D eigenvalue weighted by Gasteiger charge is 2.15. The molecule has 0 aliphatic carbocycles. The number of carbonyl (C=O) groups excluding carboxylic acids is 1. The minimum Gasteiger partial charge on any atom is -0.495 e. The van der Waals surface area contributed by atoms with Crippen LogP contribution in [0.25, 0.3) is 11.0 Å². The number of benzene rings is 2. The van der Waals surface area contributed by atoms with Crippen LogP contribution in [0.1, 0.15) is 6.92 Å². The number of hydrogen-bond donors (Lipinski definition) is 3. The van der Waals surface area contributed by atoms with Crippen molar-refractivity contribution in [1.29, 1.82) is 0 Å². The van der Waals surface area contributed by atoms with E-state index in [1.807, 2.05) is 36.4 Å². The zero-order chi connectivity index (χ0) is 18.5. The summed E-state index contributed by atoms with van der Waals surface area (Å²) in [7, 11) is 1.56. The molecule has 1 unspecified atom stereocenters. The van der Waals surface area contributed by atoms with Gasteiger partial charge in [0.25, 0.3) is 0 Å². The van der Waals surface area contributed by atoms with Crippen LogP contribution < -0.4 is 15.4 Å². The number of anilines is 2. The number of aliphatic hydroxyl groups excluding tert-OH is 1. The van der Waals surface area contributed by atoms with Crippen LogP contribution in [0, 0.1) is 0 Å². The van der Waals surface area contributed by atoms with Gasteiger partial charge in [-0.05, 0) is 31.2 Å². The number of para-hydroxylation sites is 4. The molecule has 0 radical (unpaired) electrons. The molecular weight excluding hydrogens is 332 g/mol. The lowest BCUT2D eigenvalue weighted by atomic mass is 10.3. The number of nitrogens with one attached hydrogen (secondary N) is 2. The fraction of sp³-hybridized carbons (Fsp3) is 0.263. The molecule has 0 spiro atoms. The third-order valence-corrected chi connectivity index (χ3v) is 3.89. The zero-order valence-electron chi connectivity index (χ0n) is 14.8. The van der Waals surface area contributed by atoms with Gasteiger partial charge in [-0.3, -0.25) is 4.79 Å². The summed E-state index contributed by atoms with van der Waals surface area (Å²) in [6.45, 7) is 2.12. The number of aromatic nitrogens is 2. The molecule has 0 fully saturated rings. The molecule has 1 heterocycles. The summed E-state index contributed by atoms with van der Waals surface area (Å²) < 4.78 is 7.06. The second kappa shape index (κ2) is 7.88. The fourth-order valence-electron chi connectivity index (χ4n) is 2.69. The van der Waals surface area contributed by atoms with Gasteiger partial charge in [-0.1, -0.05) is 24.3 Å². The smallest absolute Gasteiger partial charge is 0.244 e. The molecular formula is C19H22N4O3. The minimum atomic E-state index is -0.523. The predicted molar refractivity (Wildman–Crippen MR) is 102 cm³/mol. The van der Waals surface area contributed by atoms with E-state index in [2.05, 4.69) is 15.6 Å². The molecule has 136 valence electrons. The number of ether oxygens (including phenoxy) is 1. The van der Waals surface area contributed by atoms with Crippen LogP contribution in [0.2, 0.25) is 0 Å². The molecule has 0 aliphatic rings. The van der Waals surface area contributed by atoms with Crippen molar-refractivity contribution in [2.24, 2.45) is 0 Å². The van der Waals surface area contributed by atoms with Gasteiger partial charge in [0.1, 0.15) is 12.3 Å². The Labute approximate surface area is 151 Å². The van der Waals surface area contributed by atoms with E-state index in [0.29, 0.717) is 23.9 Å². The van der Waals surface area contributed by atoms with E-state index >= 15 is 0 Å². The quantitative estimate of drug-likeness (QED) is 0.607. The third-order valence-electron chi connectivity index (χ3n) is 3.89. The maximum absolute atomic E-state index is 12.6. The van der Waals surface area contributed by atoms with E-state index < -0.39 is 6.10 Å². The Morgan fingerprint density at radius 2 is 1.96 bits per heavy atom. The molecule has 1 amide bonds. The maximum Gasteiger partial charge on any atom is 0.244 e. The molecule has 0 bridgehead atoms. The van der Waals surface area contributed by atoms with Crippen LogP contribution >= 0.6 is 0 Å². The van der Waals surface area contributed by atoms with Gasteiger partial charge < -0.3 is 25.0 Å². The van der Waals surface area contributed by atoms with Gasteiger partial charge in [0, 0.05) is 6.54 Å². The molecule has 7 nitrogen and oxygen atoms in total. The topological polar surface area (TPSA) is 88.4 Å². The van der Waals surface area contributed by atoms with Gasteiger partial charge in [-0.15, -0.1) is 0 Å². The zero-order valence-corrected chi connectivity index (χ0v) is 14.8. The van der Waals surface area contributed by atoms with E-state index in [9.17, 15) is 9.90 Å². The Morgan fingerprint density at radius 1 is 1.23 bits per heavy atom. The number of methoxy groups -OCH3 is 1. The van der Waals surface area contributed by atoms with E-state index in [0.717, 1.165) is 11.0 Å². The summed E-state index contributed by atoms with van der Waals surface area (Å²) in [5.74, 6) is 0.948. The molecule has 0 saturated carbocycles. The van der Waals surface area contributed by atoms with Crippen molar-refractivity contribution >= 4 is 28.6 Å². The van der Waals surface area contributed by atoms with Crippen molar-refractivity contribution in [2.45, 2.75) is 19.6 Å². The van der Waals surface area contributed by atoms with Crippen LogP contribution in [-0.4, -0.2) is 40.3 Å². The summed E-state index contributed by atoms with van der Waals surface area (Å²) in [4.78, 5) is 17.1. The van der Waals surface area contributed by atoms with Crippen LogP contribution in [0.4, 0.5) is 11.6 Å². The average Bonchev–Trinajstić information content (AvgIpc) is 2.98. The Hall–Kier alpha value is -3.06. The molecule has 3 N–H and O–H groups in total. The highest BCUT2D eigenvalue weighted by Crippen LogP contribution is 2.24. The standard InChI is InChI=1S/C19H22N4O3/c1-13(24)11-20-19-22-14-7-3-5-9-16(14)23(19)12-18(25)21-15-8-4-6-10-17(15)26-2/h3-10,13,24H,11-12H2,1-2H3,(H,20,22)(H,21,25). The van der Waals surface area contributed by atoms with E-state index in [1.54, 1.807) is 30.7 Å². The SMILES string of the molecule is COc1ccccc1NC(=O)Cn1c(NCC(C)O)nc2ccccc21. The van der Waals surface area contributed by atoms with Gasteiger partial charge in [-0.2, -0.15) is 0 Å². The number of fused-ring (bicyclic) bond motifs is 1. The number of imidazole rings is 1. The fourth-order valence-corrected chi connectivity index (χ4v) is 2.69. The normalized spacial score (nSPS) is 12.0. The highest BCUT2D eigenvalue weighted by molar-refractivity contribution is 5.93. The number of amides is 1. The molecule has 0 aliphatic heterocycles. The third kappa shape index (κ3) is 3.94. The number of carbonyl (C=O) groups is 1. The predicted octanol–water partition coefficient (Wildman–Crippen LogP) is 2.48. The Balaban J connectivity index is 1.84. The summed E-state index contributed by atoms with van der Waals surface area (Å²) in [5.41, 5.74) is 2.24. The molecule has 0 saturated heterocycles. The lowest BCUT2D eigenvalue weighted by Gasteiger charge is -2.13. The number of aliphatic hydroxyl groups is 1. The first-order valence-electron chi connectivity index (χ1n) is 8.38. The first-order valence-corrected chi connectivity index (χ1v) is 8.38. The summed E-state index contributed by atoms with van der Waals surface area (Å²) >= 11 is 0. The van der Waals surface area contributed by atoms with Crippen LogP contribution in [-0.2, 0) is 11.3 Å². The second-order valence-electron chi connectivity index (χ2n) is 5.99. The molecule has 2 aromatic carbocycles. The van der Waals surface area contributed by atoms with Gasteiger partial charge in [-0.25, -0.2) is 4.98 Å². The Morgan fingerprint density at radius 3 is 2.73 bits per heavy atom. The molecule has 3 aromatic rings. The first kappa shape index (κ1) is 17.8. The van der Waals surface area contributed by atoms with Gasteiger partial charge >= 0.3 is 0 Å². The molecule has 1 atom stereocenters. The number of rotatable bonds is 7. The molecule has 26 heavy (non-hydrogen) atoms. The molecule has 3 rings (SSSR count). The van der Waals surface area contributed by atoms with E-state index in [1.165, 1.54) is 0 Å². The van der Waals surface area contributed by atoms with Crippen molar-refractivity contribution in [2.75, 3.05) is 24.3 Å². The number of nitrogens with zero attached hydrogens (tertiary/aromatic N) is 2. The second-order valence-corrected chi connectivity index (χ2v) is 5.99. The van der Waals surface area contributed by atoms with Gasteiger partial charge in [0.05, 0.1) is 29.9 Å². The Bertz CT molecular complexity index is 905. The molecule has 1 aromatic heterocycles. The van der Waals surface area contributed by atoms with Gasteiger partial charge in [0.2, 0.25) is 11.9 Å². The average molecular weight is 354 g/mol. The summed E-state index contributed by atoms with van der Waals surface area (Å²) in [5, 5.41) is 15.5. The molecule has 7 heteroatoms. The van der Waals surface area contributed by atoms with Crippen molar-refractivity contribution in [3.05, 3.63) is 48.5 Å². The van der Waals surface area contributed by atoms with Crippen LogP contribution in [0.15, 0.2) is 48.5 Å². The highest BCUT2D eigenvalue weighted by atomic mass is 16.5.